The molecule has 1 nitrogen and oxygen atoms in total. The standard InChI is InChI=1S/C11H22FN/c1-2-3-4-6-11(12)7-5-9-13-10-8-11/h13H,2-10H2,1H3. The van der Waals surface area contributed by atoms with Gasteiger partial charge in [-0.1, -0.05) is 26.2 Å². The Morgan fingerprint density at radius 3 is 2.85 bits per heavy atom. The van der Waals surface area contributed by atoms with Gasteiger partial charge in [-0.2, -0.15) is 0 Å². The van der Waals surface area contributed by atoms with Crippen molar-refractivity contribution in [3.05, 3.63) is 0 Å². The minimum atomic E-state index is -0.849. The Hall–Kier alpha value is -0.110. The maximum Gasteiger partial charge on any atom is 0.112 e. The molecule has 1 unspecified atom stereocenters. The van der Waals surface area contributed by atoms with Gasteiger partial charge in [0.25, 0.3) is 0 Å². The van der Waals surface area contributed by atoms with Crippen LogP contribution in [0.5, 0.6) is 0 Å². The molecule has 0 aromatic heterocycles. The van der Waals surface area contributed by atoms with Crippen LogP contribution in [0.25, 0.3) is 0 Å². The minimum absolute atomic E-state index is 0.719. The SMILES string of the molecule is CCCCCC1(F)CCCNCC1. The van der Waals surface area contributed by atoms with Crippen LogP contribution >= 0.6 is 0 Å². The summed E-state index contributed by atoms with van der Waals surface area (Å²) in [6.07, 6.45) is 6.70. The zero-order chi connectivity index (χ0) is 9.57. The van der Waals surface area contributed by atoms with Gasteiger partial charge in [0.05, 0.1) is 0 Å². The van der Waals surface area contributed by atoms with Gasteiger partial charge in [0.2, 0.25) is 0 Å². The van der Waals surface area contributed by atoms with Gasteiger partial charge in [-0.25, -0.2) is 4.39 Å². The van der Waals surface area contributed by atoms with Crippen LogP contribution in [0.4, 0.5) is 4.39 Å². The van der Waals surface area contributed by atoms with E-state index >= 15 is 0 Å². The van der Waals surface area contributed by atoms with Crippen molar-refractivity contribution in [1.29, 1.82) is 0 Å². The quantitative estimate of drug-likeness (QED) is 0.667. The van der Waals surface area contributed by atoms with E-state index in [1.807, 2.05) is 0 Å². The molecule has 1 fully saturated rings. The molecule has 1 heterocycles. The second-order valence-electron chi connectivity index (χ2n) is 4.21. The van der Waals surface area contributed by atoms with Crippen LogP contribution < -0.4 is 5.32 Å². The Balaban J connectivity index is 2.25. The molecule has 13 heavy (non-hydrogen) atoms. The monoisotopic (exact) mass is 187 g/mol. The zero-order valence-electron chi connectivity index (χ0n) is 8.74. The summed E-state index contributed by atoms with van der Waals surface area (Å²) in [5.41, 5.74) is -0.849. The van der Waals surface area contributed by atoms with E-state index in [0.717, 1.165) is 45.2 Å². The highest BCUT2D eigenvalue weighted by Gasteiger charge is 2.29. The first-order valence-corrected chi connectivity index (χ1v) is 5.66. The Morgan fingerprint density at radius 1 is 1.23 bits per heavy atom. The molecule has 0 aromatic carbocycles. The van der Waals surface area contributed by atoms with Gasteiger partial charge < -0.3 is 5.32 Å². The van der Waals surface area contributed by atoms with Crippen molar-refractivity contribution < 1.29 is 4.39 Å². The molecule has 1 saturated heterocycles. The topological polar surface area (TPSA) is 12.0 Å². The molecule has 0 aliphatic carbocycles. The number of hydrogen-bond acceptors (Lipinski definition) is 1. The summed E-state index contributed by atoms with van der Waals surface area (Å²) in [6.45, 7) is 4.03. The molecule has 0 amide bonds. The van der Waals surface area contributed by atoms with Crippen molar-refractivity contribution >= 4 is 0 Å². The summed E-state index contributed by atoms with van der Waals surface area (Å²) in [4.78, 5) is 0. The highest BCUT2D eigenvalue weighted by Crippen LogP contribution is 2.30. The molecule has 78 valence electrons. The average molecular weight is 187 g/mol. The lowest BCUT2D eigenvalue weighted by Gasteiger charge is -2.22. The van der Waals surface area contributed by atoms with Crippen LogP contribution in [0.1, 0.15) is 51.9 Å². The molecule has 1 aliphatic heterocycles. The average Bonchev–Trinajstić information content (AvgIpc) is 2.31. The van der Waals surface area contributed by atoms with Gasteiger partial charge in [-0.05, 0) is 38.8 Å². The van der Waals surface area contributed by atoms with E-state index in [9.17, 15) is 4.39 Å². The van der Waals surface area contributed by atoms with Gasteiger partial charge in [0.1, 0.15) is 5.67 Å². The first-order valence-electron chi connectivity index (χ1n) is 5.66. The van der Waals surface area contributed by atoms with E-state index in [-0.39, 0.29) is 0 Å². The third-order valence-corrected chi connectivity index (χ3v) is 2.96. The number of rotatable bonds is 4. The smallest absolute Gasteiger partial charge is 0.112 e. The molecule has 0 aromatic rings. The normalized spacial score (nSPS) is 30.0. The largest absolute Gasteiger partial charge is 0.317 e. The molecule has 1 rings (SSSR count). The van der Waals surface area contributed by atoms with Gasteiger partial charge in [0, 0.05) is 0 Å². The maximum absolute atomic E-state index is 14.1. The Kier molecular flexibility index (Phi) is 4.71. The minimum Gasteiger partial charge on any atom is -0.317 e. The summed E-state index contributed by atoms with van der Waals surface area (Å²) in [5, 5.41) is 3.25. The number of halogens is 1. The summed E-state index contributed by atoms with van der Waals surface area (Å²) < 4.78 is 14.1. The third-order valence-electron chi connectivity index (χ3n) is 2.96. The van der Waals surface area contributed by atoms with Crippen molar-refractivity contribution in [2.45, 2.75) is 57.5 Å². The molecule has 0 bridgehead atoms. The molecular weight excluding hydrogens is 165 g/mol. The van der Waals surface area contributed by atoms with Crippen molar-refractivity contribution in [2.24, 2.45) is 0 Å². The van der Waals surface area contributed by atoms with Crippen LogP contribution in [0.2, 0.25) is 0 Å². The van der Waals surface area contributed by atoms with E-state index in [2.05, 4.69) is 12.2 Å². The lowest BCUT2D eigenvalue weighted by atomic mass is 9.91. The third kappa shape index (κ3) is 4.08. The van der Waals surface area contributed by atoms with Gasteiger partial charge in [-0.3, -0.25) is 0 Å². The predicted molar refractivity (Wildman–Crippen MR) is 54.7 cm³/mol. The summed E-state index contributed by atoms with van der Waals surface area (Å²) >= 11 is 0. The predicted octanol–water partition coefficient (Wildman–Crippen LogP) is 3.05. The molecule has 0 radical (unpaired) electrons. The molecule has 2 heteroatoms. The van der Waals surface area contributed by atoms with E-state index in [1.165, 1.54) is 12.8 Å². The van der Waals surface area contributed by atoms with Crippen molar-refractivity contribution in [3.8, 4) is 0 Å². The number of nitrogens with one attached hydrogen (secondary N) is 1. The lowest BCUT2D eigenvalue weighted by molar-refractivity contribution is 0.127. The van der Waals surface area contributed by atoms with E-state index in [1.54, 1.807) is 0 Å². The van der Waals surface area contributed by atoms with Crippen LogP contribution in [-0.4, -0.2) is 18.8 Å². The zero-order valence-corrected chi connectivity index (χ0v) is 8.74. The first-order chi connectivity index (χ1) is 6.27. The molecule has 1 atom stereocenters. The summed E-state index contributed by atoms with van der Waals surface area (Å²) in [7, 11) is 0. The fraction of sp³-hybridized carbons (Fsp3) is 1.00. The van der Waals surface area contributed by atoms with Crippen LogP contribution in [0.3, 0.4) is 0 Å². The summed E-state index contributed by atoms with van der Waals surface area (Å²) in [6, 6.07) is 0. The van der Waals surface area contributed by atoms with Gasteiger partial charge in [0.15, 0.2) is 0 Å². The Morgan fingerprint density at radius 2 is 2.08 bits per heavy atom. The van der Waals surface area contributed by atoms with Crippen molar-refractivity contribution in [3.63, 3.8) is 0 Å². The van der Waals surface area contributed by atoms with E-state index in [0.29, 0.717) is 0 Å². The van der Waals surface area contributed by atoms with Crippen LogP contribution in [0.15, 0.2) is 0 Å². The fourth-order valence-corrected chi connectivity index (χ4v) is 2.03. The van der Waals surface area contributed by atoms with Crippen LogP contribution in [-0.2, 0) is 0 Å². The van der Waals surface area contributed by atoms with Gasteiger partial charge in [-0.15, -0.1) is 0 Å². The Labute approximate surface area is 81.1 Å². The number of alkyl halides is 1. The van der Waals surface area contributed by atoms with Crippen molar-refractivity contribution in [1.82, 2.24) is 5.32 Å². The highest BCUT2D eigenvalue weighted by atomic mass is 19.1. The van der Waals surface area contributed by atoms with E-state index in [4.69, 9.17) is 0 Å². The first kappa shape index (κ1) is 11.0. The molecule has 1 N–H and O–H groups in total. The van der Waals surface area contributed by atoms with Crippen molar-refractivity contribution in [2.75, 3.05) is 13.1 Å². The lowest BCUT2D eigenvalue weighted by Crippen LogP contribution is -2.24. The second kappa shape index (κ2) is 5.58. The molecule has 0 saturated carbocycles. The second-order valence-corrected chi connectivity index (χ2v) is 4.21. The van der Waals surface area contributed by atoms with Crippen LogP contribution in [0, 0.1) is 0 Å². The van der Waals surface area contributed by atoms with E-state index < -0.39 is 5.67 Å². The fourth-order valence-electron chi connectivity index (χ4n) is 2.03. The molecule has 0 spiro atoms. The Bertz CT molecular complexity index is 128. The number of unbranched alkanes of at least 4 members (excludes halogenated alkanes) is 2. The summed E-state index contributed by atoms with van der Waals surface area (Å²) in [5.74, 6) is 0. The highest BCUT2D eigenvalue weighted by molar-refractivity contribution is 4.82. The number of hydrogen-bond donors (Lipinski definition) is 1. The molecular formula is C11H22FN. The van der Waals surface area contributed by atoms with Gasteiger partial charge >= 0.3 is 0 Å². The maximum atomic E-state index is 14.1. The molecule has 1 aliphatic rings.